The molecule has 1 heterocycles. The smallest absolute Gasteiger partial charge is 0.254 e. The summed E-state index contributed by atoms with van der Waals surface area (Å²) in [4.78, 5) is 29.7. The fourth-order valence-corrected chi connectivity index (χ4v) is 6.81. The molecule has 0 aromatic heterocycles. The Morgan fingerprint density at radius 3 is 2.41 bits per heavy atom. The van der Waals surface area contributed by atoms with Crippen LogP contribution < -0.4 is 4.74 Å². The summed E-state index contributed by atoms with van der Waals surface area (Å²) in [6.45, 7) is 4.55. The van der Waals surface area contributed by atoms with Gasteiger partial charge in [-0.05, 0) is 86.5 Å². The molecule has 2 atom stereocenters. The standard InChI is InChI=1S/C31H39ClN2O3/c1-30(23-10-7-11-23,22-8-5-4-6-9-22)29(36)34-17-15-31(16-18-34)21-24(31)14-19-37-25-12-13-26(27(32)20-25)28(35)33(2)3/h4-6,8-9,12-13,20,23-24H,7,10-11,14-19,21H2,1-3H3/t24-,30-/m1/s1. The van der Waals surface area contributed by atoms with Crippen molar-refractivity contribution in [3.05, 3.63) is 64.7 Å². The van der Waals surface area contributed by atoms with E-state index < -0.39 is 5.41 Å². The minimum absolute atomic E-state index is 0.113. The van der Waals surface area contributed by atoms with Crippen LogP contribution in [0.4, 0.5) is 0 Å². The van der Waals surface area contributed by atoms with E-state index in [1.54, 1.807) is 26.2 Å². The Hall–Kier alpha value is -2.53. The van der Waals surface area contributed by atoms with Gasteiger partial charge in [-0.25, -0.2) is 0 Å². The molecule has 2 aromatic carbocycles. The molecule has 6 heteroatoms. The number of hydrogen-bond donors (Lipinski definition) is 0. The van der Waals surface area contributed by atoms with E-state index >= 15 is 0 Å². The maximum Gasteiger partial charge on any atom is 0.254 e. The molecule has 0 bridgehead atoms. The molecule has 1 saturated heterocycles. The van der Waals surface area contributed by atoms with Crippen molar-refractivity contribution < 1.29 is 14.3 Å². The first kappa shape index (κ1) is 26.1. The Bertz CT molecular complexity index is 1140. The molecule has 0 unspecified atom stereocenters. The molecule has 1 aliphatic heterocycles. The quantitative estimate of drug-likeness (QED) is 0.415. The molecule has 5 rings (SSSR count). The third-order valence-corrected chi connectivity index (χ3v) is 9.77. The predicted octanol–water partition coefficient (Wildman–Crippen LogP) is 6.20. The number of likely N-dealkylation sites (tertiary alicyclic amines) is 1. The highest BCUT2D eigenvalue weighted by Crippen LogP contribution is 2.61. The van der Waals surface area contributed by atoms with Gasteiger partial charge in [0.05, 0.1) is 22.6 Å². The van der Waals surface area contributed by atoms with E-state index in [0.29, 0.717) is 46.1 Å². The normalized spacial score (nSPS) is 22.2. The minimum Gasteiger partial charge on any atom is -0.494 e. The van der Waals surface area contributed by atoms with Crippen LogP contribution in [0.1, 0.15) is 67.8 Å². The highest BCUT2D eigenvalue weighted by Gasteiger charge is 2.56. The van der Waals surface area contributed by atoms with Gasteiger partial charge in [0.15, 0.2) is 0 Å². The number of ether oxygens (including phenoxy) is 1. The van der Waals surface area contributed by atoms with Gasteiger partial charge in [-0.3, -0.25) is 9.59 Å². The lowest BCUT2D eigenvalue weighted by Gasteiger charge is -2.46. The van der Waals surface area contributed by atoms with E-state index in [-0.39, 0.29) is 5.91 Å². The number of nitrogens with zero attached hydrogens (tertiary/aromatic N) is 2. The van der Waals surface area contributed by atoms with Gasteiger partial charge < -0.3 is 14.5 Å². The summed E-state index contributed by atoms with van der Waals surface area (Å²) in [6.07, 6.45) is 7.95. The van der Waals surface area contributed by atoms with Crippen molar-refractivity contribution >= 4 is 23.4 Å². The molecule has 2 aromatic rings. The second kappa shape index (κ2) is 10.3. The molecule has 2 saturated carbocycles. The van der Waals surface area contributed by atoms with Crippen LogP contribution in [0.25, 0.3) is 0 Å². The molecular weight excluding hydrogens is 484 g/mol. The number of hydrogen-bond acceptors (Lipinski definition) is 3. The Morgan fingerprint density at radius 2 is 1.81 bits per heavy atom. The molecule has 0 N–H and O–H groups in total. The Labute approximate surface area is 226 Å². The minimum atomic E-state index is -0.408. The first-order chi connectivity index (χ1) is 17.7. The fraction of sp³-hybridized carbons (Fsp3) is 0.548. The molecular formula is C31H39ClN2O3. The largest absolute Gasteiger partial charge is 0.494 e. The summed E-state index contributed by atoms with van der Waals surface area (Å²) in [5.74, 6) is 2.02. The van der Waals surface area contributed by atoms with Crippen LogP contribution in [-0.4, -0.2) is 55.4 Å². The molecule has 3 aliphatic rings. The maximum absolute atomic E-state index is 13.9. The molecule has 3 fully saturated rings. The number of carbonyl (C=O) groups is 2. The second-order valence-electron chi connectivity index (χ2n) is 11.7. The van der Waals surface area contributed by atoms with E-state index in [4.69, 9.17) is 16.3 Å². The third-order valence-electron chi connectivity index (χ3n) is 9.46. The van der Waals surface area contributed by atoms with Crippen LogP contribution in [0.2, 0.25) is 5.02 Å². The first-order valence-corrected chi connectivity index (χ1v) is 14.1. The van der Waals surface area contributed by atoms with Crippen LogP contribution in [0.5, 0.6) is 5.75 Å². The molecule has 198 valence electrons. The zero-order valence-electron chi connectivity index (χ0n) is 22.3. The van der Waals surface area contributed by atoms with E-state index in [1.165, 1.54) is 23.3 Å². The Kier molecular flexibility index (Phi) is 7.28. The summed E-state index contributed by atoms with van der Waals surface area (Å²) in [6, 6.07) is 15.7. The summed E-state index contributed by atoms with van der Waals surface area (Å²) >= 11 is 6.32. The first-order valence-electron chi connectivity index (χ1n) is 13.7. The van der Waals surface area contributed by atoms with Gasteiger partial charge in [0.25, 0.3) is 5.91 Å². The number of piperidine rings is 1. The van der Waals surface area contributed by atoms with Crippen molar-refractivity contribution in [2.24, 2.45) is 17.3 Å². The van der Waals surface area contributed by atoms with Crippen molar-refractivity contribution in [3.8, 4) is 5.75 Å². The summed E-state index contributed by atoms with van der Waals surface area (Å²) in [5, 5.41) is 0.417. The number of rotatable bonds is 8. The topological polar surface area (TPSA) is 49.9 Å². The van der Waals surface area contributed by atoms with E-state index in [0.717, 1.165) is 45.2 Å². The average Bonchev–Trinajstić information content (AvgIpc) is 3.54. The molecule has 2 aliphatic carbocycles. The van der Waals surface area contributed by atoms with E-state index in [2.05, 4.69) is 36.1 Å². The fourth-order valence-electron chi connectivity index (χ4n) is 6.56. The zero-order valence-corrected chi connectivity index (χ0v) is 23.1. The van der Waals surface area contributed by atoms with Gasteiger partial charge in [0.2, 0.25) is 5.91 Å². The van der Waals surface area contributed by atoms with Gasteiger partial charge >= 0.3 is 0 Å². The number of benzene rings is 2. The van der Waals surface area contributed by atoms with Crippen LogP contribution in [0.15, 0.2) is 48.5 Å². The van der Waals surface area contributed by atoms with Gasteiger partial charge in [0.1, 0.15) is 5.75 Å². The number of amides is 2. The molecule has 5 nitrogen and oxygen atoms in total. The van der Waals surface area contributed by atoms with Crippen LogP contribution >= 0.6 is 11.6 Å². The zero-order chi connectivity index (χ0) is 26.2. The molecule has 0 radical (unpaired) electrons. The van der Waals surface area contributed by atoms with Crippen molar-refractivity contribution in [1.29, 1.82) is 0 Å². The second-order valence-corrected chi connectivity index (χ2v) is 12.1. The Morgan fingerprint density at radius 1 is 1.11 bits per heavy atom. The SMILES string of the molecule is CN(C)C(=O)c1ccc(OCC[C@@H]2CC23CCN(C(=O)[C@](C)(c2ccccc2)C2CCC2)CC3)cc1Cl. The summed E-state index contributed by atoms with van der Waals surface area (Å²) in [5.41, 5.74) is 1.63. The lowest BCUT2D eigenvalue weighted by atomic mass is 9.62. The molecule has 1 spiro atoms. The lowest BCUT2D eigenvalue weighted by Crippen LogP contribution is -2.53. The number of halogens is 1. The van der Waals surface area contributed by atoms with E-state index in [9.17, 15) is 9.59 Å². The monoisotopic (exact) mass is 522 g/mol. The maximum atomic E-state index is 13.9. The van der Waals surface area contributed by atoms with Crippen molar-refractivity contribution in [1.82, 2.24) is 9.80 Å². The number of carbonyl (C=O) groups excluding carboxylic acids is 2. The molecule has 37 heavy (non-hydrogen) atoms. The van der Waals surface area contributed by atoms with E-state index in [1.807, 2.05) is 12.1 Å². The summed E-state index contributed by atoms with van der Waals surface area (Å²) < 4.78 is 5.99. The lowest BCUT2D eigenvalue weighted by molar-refractivity contribution is -0.142. The predicted molar refractivity (Wildman–Crippen MR) is 147 cm³/mol. The molecule has 2 amide bonds. The van der Waals surface area contributed by atoms with Crippen molar-refractivity contribution in [2.45, 2.75) is 57.3 Å². The van der Waals surface area contributed by atoms with Crippen molar-refractivity contribution in [2.75, 3.05) is 33.8 Å². The van der Waals surface area contributed by atoms with Gasteiger partial charge in [-0.15, -0.1) is 0 Å². The highest BCUT2D eigenvalue weighted by atomic mass is 35.5. The van der Waals surface area contributed by atoms with Crippen molar-refractivity contribution in [3.63, 3.8) is 0 Å². The third kappa shape index (κ3) is 4.99. The van der Waals surface area contributed by atoms with Crippen LogP contribution in [0.3, 0.4) is 0 Å². The van der Waals surface area contributed by atoms with Crippen LogP contribution in [-0.2, 0) is 10.2 Å². The van der Waals surface area contributed by atoms with Gasteiger partial charge in [-0.2, -0.15) is 0 Å². The van der Waals surface area contributed by atoms with Gasteiger partial charge in [0, 0.05) is 27.2 Å². The van der Waals surface area contributed by atoms with Gasteiger partial charge in [-0.1, -0.05) is 48.4 Å². The average molecular weight is 523 g/mol. The highest BCUT2D eigenvalue weighted by molar-refractivity contribution is 6.34. The van der Waals surface area contributed by atoms with Crippen LogP contribution in [0, 0.1) is 17.3 Å². The Balaban J connectivity index is 1.13. The summed E-state index contributed by atoms with van der Waals surface area (Å²) in [7, 11) is 3.43.